The van der Waals surface area contributed by atoms with Gasteiger partial charge in [-0.3, -0.25) is 15.5 Å². The Balaban J connectivity index is 1.74. The Morgan fingerprint density at radius 3 is 2.48 bits per heavy atom. The van der Waals surface area contributed by atoms with Crippen molar-refractivity contribution in [1.82, 2.24) is 10.7 Å². The van der Waals surface area contributed by atoms with Crippen LogP contribution >= 0.6 is 12.2 Å². The van der Waals surface area contributed by atoms with E-state index in [2.05, 4.69) is 29.7 Å². The quantitative estimate of drug-likeness (QED) is 0.312. The number of thiocarbonyl (C=S) groups is 1. The van der Waals surface area contributed by atoms with Crippen LogP contribution in [0.15, 0.2) is 53.6 Å². The third kappa shape index (κ3) is 7.41. The summed E-state index contributed by atoms with van der Waals surface area (Å²) in [6.45, 7) is 5.47. The first kappa shape index (κ1) is 20.3. The van der Waals surface area contributed by atoms with Crippen molar-refractivity contribution in [1.29, 1.82) is 0 Å². The fourth-order valence-electron chi connectivity index (χ4n) is 2.04. The molecule has 2 N–H and O–H groups in total. The maximum absolute atomic E-state index is 10.6. The molecule has 0 aliphatic carbocycles. The minimum atomic E-state index is -0.443. The smallest absolute Gasteiger partial charge is 0.269 e. The first-order valence-electron chi connectivity index (χ1n) is 8.47. The molecule has 0 atom stereocenters. The number of hydrogen-bond donors (Lipinski definition) is 2. The fourth-order valence-corrected chi connectivity index (χ4v) is 2.16. The molecule has 0 aromatic heterocycles. The molecule has 8 heteroatoms. The largest absolute Gasteiger partial charge is 0.493 e. The van der Waals surface area contributed by atoms with Gasteiger partial charge in [-0.15, -0.1) is 0 Å². The highest BCUT2D eigenvalue weighted by atomic mass is 32.1. The Morgan fingerprint density at radius 2 is 1.89 bits per heavy atom. The van der Waals surface area contributed by atoms with Crippen LogP contribution in [0.3, 0.4) is 0 Å². The Morgan fingerprint density at radius 1 is 1.22 bits per heavy atom. The molecule has 0 aliphatic rings. The summed E-state index contributed by atoms with van der Waals surface area (Å²) in [6.07, 6.45) is 1.54. The van der Waals surface area contributed by atoms with Crippen molar-refractivity contribution in [3.63, 3.8) is 0 Å². The highest BCUT2D eigenvalue weighted by Crippen LogP contribution is 2.13. The second-order valence-corrected chi connectivity index (χ2v) is 6.66. The number of nitro groups is 1. The molecule has 27 heavy (non-hydrogen) atoms. The number of nitrogens with zero attached hydrogens (tertiary/aromatic N) is 2. The van der Waals surface area contributed by atoms with Gasteiger partial charge in [0.25, 0.3) is 5.69 Å². The Labute approximate surface area is 163 Å². The molecule has 0 fully saturated rings. The number of rotatable bonds is 8. The first-order chi connectivity index (χ1) is 12.9. The molecule has 0 saturated carbocycles. The lowest BCUT2D eigenvalue weighted by atomic mass is 10.2. The Bertz CT molecular complexity index is 790. The van der Waals surface area contributed by atoms with E-state index in [4.69, 9.17) is 17.0 Å². The highest BCUT2D eigenvalue weighted by molar-refractivity contribution is 7.80. The van der Waals surface area contributed by atoms with Crippen LogP contribution in [0.4, 0.5) is 5.69 Å². The van der Waals surface area contributed by atoms with Crippen molar-refractivity contribution in [2.24, 2.45) is 11.0 Å². The zero-order valence-corrected chi connectivity index (χ0v) is 16.0. The van der Waals surface area contributed by atoms with Gasteiger partial charge < -0.3 is 10.1 Å². The summed E-state index contributed by atoms with van der Waals surface area (Å²) < 4.78 is 5.65. The molecular weight excluding hydrogens is 364 g/mol. The summed E-state index contributed by atoms with van der Waals surface area (Å²) in [5.74, 6) is 1.34. The van der Waals surface area contributed by atoms with Crippen LogP contribution in [0.25, 0.3) is 0 Å². The number of nitro benzene ring substituents is 1. The van der Waals surface area contributed by atoms with Gasteiger partial charge in [-0.2, -0.15) is 5.10 Å². The predicted molar refractivity (Wildman–Crippen MR) is 110 cm³/mol. The summed E-state index contributed by atoms with van der Waals surface area (Å²) in [4.78, 5) is 10.2. The topological polar surface area (TPSA) is 88.8 Å². The maximum atomic E-state index is 10.6. The average Bonchev–Trinajstić information content (AvgIpc) is 2.66. The van der Waals surface area contributed by atoms with Gasteiger partial charge >= 0.3 is 0 Å². The van der Waals surface area contributed by atoms with E-state index in [0.29, 0.717) is 24.2 Å². The van der Waals surface area contributed by atoms with Crippen molar-refractivity contribution in [3.05, 3.63) is 69.8 Å². The van der Waals surface area contributed by atoms with Crippen LogP contribution in [-0.2, 0) is 6.54 Å². The van der Waals surface area contributed by atoms with Gasteiger partial charge in [-0.1, -0.05) is 26.0 Å². The third-order valence-corrected chi connectivity index (χ3v) is 3.68. The van der Waals surface area contributed by atoms with Gasteiger partial charge in [0.2, 0.25) is 0 Å². The van der Waals surface area contributed by atoms with Crippen molar-refractivity contribution in [2.45, 2.75) is 20.4 Å². The fraction of sp³-hybridized carbons (Fsp3) is 0.263. The van der Waals surface area contributed by atoms with Crippen LogP contribution in [0, 0.1) is 16.0 Å². The number of ether oxygens (including phenoxy) is 1. The van der Waals surface area contributed by atoms with Gasteiger partial charge in [-0.25, -0.2) is 0 Å². The molecule has 0 amide bonds. The molecule has 2 rings (SSSR count). The number of non-ortho nitro benzene ring substituents is 1. The van der Waals surface area contributed by atoms with E-state index in [9.17, 15) is 10.1 Å². The number of hydrogen-bond acceptors (Lipinski definition) is 5. The van der Waals surface area contributed by atoms with Crippen molar-refractivity contribution in [3.8, 4) is 5.75 Å². The normalized spacial score (nSPS) is 10.8. The van der Waals surface area contributed by atoms with Crippen molar-refractivity contribution >= 4 is 29.2 Å². The average molecular weight is 386 g/mol. The molecule has 0 unspecified atom stereocenters. The van der Waals surface area contributed by atoms with Gasteiger partial charge in [-0.05, 0) is 53.5 Å². The van der Waals surface area contributed by atoms with E-state index < -0.39 is 4.92 Å². The molecule has 2 aromatic rings. The first-order valence-corrected chi connectivity index (χ1v) is 8.88. The molecule has 0 bridgehead atoms. The molecule has 2 aromatic carbocycles. The van der Waals surface area contributed by atoms with Gasteiger partial charge in [0.05, 0.1) is 17.7 Å². The lowest BCUT2D eigenvalue weighted by Gasteiger charge is -2.10. The van der Waals surface area contributed by atoms with Crippen LogP contribution < -0.4 is 15.5 Å². The summed E-state index contributed by atoms with van der Waals surface area (Å²) in [7, 11) is 0. The molecular formula is C19H22N4O3S. The third-order valence-electron chi connectivity index (χ3n) is 3.44. The number of nitrogens with one attached hydrogen (secondary N) is 2. The van der Waals surface area contributed by atoms with Gasteiger partial charge in [0.15, 0.2) is 5.11 Å². The van der Waals surface area contributed by atoms with Crippen LogP contribution in [0.2, 0.25) is 0 Å². The lowest BCUT2D eigenvalue weighted by molar-refractivity contribution is -0.384. The van der Waals surface area contributed by atoms with E-state index in [1.165, 1.54) is 12.1 Å². The summed E-state index contributed by atoms with van der Waals surface area (Å²) in [5.41, 5.74) is 4.55. The Kier molecular flexibility index (Phi) is 7.69. The molecule has 0 aliphatic heterocycles. The maximum Gasteiger partial charge on any atom is 0.269 e. The number of benzene rings is 2. The van der Waals surface area contributed by atoms with Crippen LogP contribution in [0.1, 0.15) is 25.0 Å². The lowest BCUT2D eigenvalue weighted by Crippen LogP contribution is -2.31. The zero-order valence-electron chi connectivity index (χ0n) is 15.2. The van der Waals surface area contributed by atoms with Crippen molar-refractivity contribution in [2.75, 3.05) is 6.61 Å². The van der Waals surface area contributed by atoms with Gasteiger partial charge in [0, 0.05) is 18.7 Å². The van der Waals surface area contributed by atoms with E-state index in [1.807, 2.05) is 24.3 Å². The van der Waals surface area contributed by atoms with Crippen LogP contribution in [0.5, 0.6) is 5.75 Å². The van der Waals surface area contributed by atoms with Crippen LogP contribution in [-0.4, -0.2) is 22.9 Å². The molecule has 0 saturated heterocycles. The monoisotopic (exact) mass is 386 g/mol. The minimum Gasteiger partial charge on any atom is -0.493 e. The minimum absolute atomic E-state index is 0.0397. The molecule has 142 valence electrons. The van der Waals surface area contributed by atoms with E-state index in [-0.39, 0.29) is 5.69 Å². The Hall–Kier alpha value is -3.00. The molecule has 0 spiro atoms. The number of hydrazone groups is 1. The standard InChI is InChI=1S/C19H22N4O3S/c1-14(2)13-26-18-9-5-15(6-10-18)11-20-19(27)22-21-12-16-3-7-17(8-4-16)23(24)25/h3-10,12,14H,11,13H2,1-2H3,(H2,20,22,27)/b21-12+. The molecule has 0 radical (unpaired) electrons. The van der Waals surface area contributed by atoms with Crippen molar-refractivity contribution < 1.29 is 9.66 Å². The highest BCUT2D eigenvalue weighted by Gasteiger charge is 2.02. The molecule has 7 nitrogen and oxygen atoms in total. The summed E-state index contributed by atoms with van der Waals surface area (Å²) in [5, 5.41) is 18.1. The summed E-state index contributed by atoms with van der Waals surface area (Å²) >= 11 is 5.17. The zero-order chi connectivity index (χ0) is 19.6. The second kappa shape index (κ2) is 10.2. The second-order valence-electron chi connectivity index (χ2n) is 6.25. The van der Waals surface area contributed by atoms with E-state index in [1.54, 1.807) is 18.3 Å². The predicted octanol–water partition coefficient (Wildman–Crippen LogP) is 3.63. The summed E-state index contributed by atoms with van der Waals surface area (Å²) in [6, 6.07) is 13.9. The van der Waals surface area contributed by atoms with Gasteiger partial charge in [0.1, 0.15) is 5.75 Å². The molecule has 0 heterocycles. The SMILES string of the molecule is CC(C)COc1ccc(CNC(=S)N/N=C/c2ccc([N+](=O)[O-])cc2)cc1. The van der Waals surface area contributed by atoms with E-state index >= 15 is 0 Å². The van der Waals surface area contributed by atoms with E-state index in [0.717, 1.165) is 16.9 Å².